The van der Waals surface area contributed by atoms with Gasteiger partial charge in [-0.05, 0) is 36.1 Å². The first-order chi connectivity index (χ1) is 12.1. The third-order valence-electron chi connectivity index (χ3n) is 4.00. The molecule has 1 aliphatic rings. The van der Waals surface area contributed by atoms with E-state index in [1.54, 1.807) is 0 Å². The van der Waals surface area contributed by atoms with Crippen LogP contribution in [-0.2, 0) is 9.59 Å². The van der Waals surface area contributed by atoms with Gasteiger partial charge in [0.05, 0.1) is 0 Å². The van der Waals surface area contributed by atoms with Gasteiger partial charge in [0, 0.05) is 18.7 Å². The SMILES string of the molecule is CC(C)CN1C(=O)C(C(=O)c2ccc(O)cc2)C(=O)N(CC(C)C)C1=O. The van der Waals surface area contributed by atoms with Crippen molar-refractivity contribution in [2.45, 2.75) is 27.7 Å². The number of carbonyl (C=O) groups excluding carboxylic acids is 4. The van der Waals surface area contributed by atoms with Crippen molar-refractivity contribution in [1.82, 2.24) is 9.80 Å². The second kappa shape index (κ2) is 7.68. The lowest BCUT2D eigenvalue weighted by atomic mass is 9.92. The van der Waals surface area contributed by atoms with Crippen molar-refractivity contribution in [3.63, 3.8) is 0 Å². The van der Waals surface area contributed by atoms with Crippen molar-refractivity contribution in [3.8, 4) is 5.75 Å². The summed E-state index contributed by atoms with van der Waals surface area (Å²) in [5.41, 5.74) is 0.137. The monoisotopic (exact) mass is 360 g/mol. The summed E-state index contributed by atoms with van der Waals surface area (Å²) >= 11 is 0. The predicted octanol–water partition coefficient (Wildman–Crippen LogP) is 2.29. The van der Waals surface area contributed by atoms with Gasteiger partial charge < -0.3 is 5.11 Å². The van der Waals surface area contributed by atoms with Gasteiger partial charge in [-0.25, -0.2) is 4.79 Å². The molecule has 1 N–H and O–H groups in total. The van der Waals surface area contributed by atoms with E-state index in [-0.39, 0.29) is 36.2 Å². The second-order valence-electron chi connectivity index (χ2n) is 7.31. The first kappa shape index (κ1) is 19.6. The molecule has 1 saturated heterocycles. The number of carbonyl (C=O) groups is 4. The maximum absolute atomic E-state index is 12.8. The van der Waals surface area contributed by atoms with Crippen LogP contribution in [0.1, 0.15) is 38.1 Å². The molecule has 0 aromatic heterocycles. The molecule has 140 valence electrons. The van der Waals surface area contributed by atoms with Gasteiger partial charge in [-0.1, -0.05) is 27.7 Å². The molecule has 7 nitrogen and oxygen atoms in total. The van der Waals surface area contributed by atoms with Crippen molar-refractivity contribution in [2.75, 3.05) is 13.1 Å². The van der Waals surface area contributed by atoms with E-state index in [2.05, 4.69) is 0 Å². The number of amides is 4. The summed E-state index contributed by atoms with van der Waals surface area (Å²) < 4.78 is 0. The zero-order chi connectivity index (χ0) is 19.6. The molecule has 1 aliphatic heterocycles. The fraction of sp³-hybridized carbons (Fsp3) is 0.474. The molecule has 7 heteroatoms. The van der Waals surface area contributed by atoms with E-state index in [4.69, 9.17) is 0 Å². The first-order valence-electron chi connectivity index (χ1n) is 8.63. The zero-order valence-electron chi connectivity index (χ0n) is 15.4. The van der Waals surface area contributed by atoms with Gasteiger partial charge in [0.2, 0.25) is 0 Å². The largest absolute Gasteiger partial charge is 0.508 e. The molecular weight excluding hydrogens is 336 g/mol. The summed E-state index contributed by atoms with van der Waals surface area (Å²) in [6.45, 7) is 7.67. The molecule has 1 aromatic rings. The smallest absolute Gasteiger partial charge is 0.333 e. The van der Waals surface area contributed by atoms with E-state index < -0.39 is 29.5 Å². The number of aromatic hydroxyl groups is 1. The van der Waals surface area contributed by atoms with Crippen LogP contribution in [0.2, 0.25) is 0 Å². The molecule has 4 amide bonds. The van der Waals surface area contributed by atoms with Gasteiger partial charge in [-0.2, -0.15) is 0 Å². The minimum absolute atomic E-state index is 0.00132. The Morgan fingerprint density at radius 3 is 1.73 bits per heavy atom. The maximum Gasteiger partial charge on any atom is 0.333 e. The number of benzene rings is 1. The van der Waals surface area contributed by atoms with Crippen LogP contribution in [-0.4, -0.2) is 51.6 Å². The fourth-order valence-electron chi connectivity index (χ4n) is 2.83. The van der Waals surface area contributed by atoms with Crippen LogP contribution in [0.4, 0.5) is 4.79 Å². The summed E-state index contributed by atoms with van der Waals surface area (Å²) in [7, 11) is 0. The molecule has 0 unspecified atom stereocenters. The van der Waals surface area contributed by atoms with E-state index in [0.717, 1.165) is 9.80 Å². The fourth-order valence-corrected chi connectivity index (χ4v) is 2.83. The van der Waals surface area contributed by atoms with Crippen molar-refractivity contribution in [2.24, 2.45) is 17.8 Å². The number of ketones is 1. The Labute approximate surface area is 152 Å². The molecule has 2 rings (SSSR count). The van der Waals surface area contributed by atoms with Gasteiger partial charge in [0.1, 0.15) is 5.75 Å². The number of barbiturate groups is 1. The quantitative estimate of drug-likeness (QED) is 0.620. The van der Waals surface area contributed by atoms with Gasteiger partial charge in [-0.3, -0.25) is 24.2 Å². The van der Waals surface area contributed by atoms with Crippen LogP contribution in [0, 0.1) is 17.8 Å². The highest BCUT2D eigenvalue weighted by Gasteiger charge is 2.49. The molecule has 0 saturated carbocycles. The molecule has 1 aromatic carbocycles. The highest BCUT2D eigenvalue weighted by molar-refractivity contribution is 6.29. The Morgan fingerprint density at radius 2 is 1.35 bits per heavy atom. The van der Waals surface area contributed by atoms with Crippen molar-refractivity contribution < 1.29 is 24.3 Å². The summed E-state index contributed by atoms with van der Waals surface area (Å²) in [5, 5.41) is 9.36. The van der Waals surface area contributed by atoms with Crippen LogP contribution in [0.25, 0.3) is 0 Å². The first-order valence-corrected chi connectivity index (χ1v) is 8.63. The lowest BCUT2D eigenvalue weighted by Crippen LogP contribution is -2.62. The van der Waals surface area contributed by atoms with E-state index in [1.807, 2.05) is 27.7 Å². The summed E-state index contributed by atoms with van der Waals surface area (Å²) in [5.74, 6) is -3.84. The third-order valence-corrected chi connectivity index (χ3v) is 4.00. The van der Waals surface area contributed by atoms with Crippen LogP contribution >= 0.6 is 0 Å². The van der Waals surface area contributed by atoms with Gasteiger partial charge in [0.15, 0.2) is 11.7 Å². The highest BCUT2D eigenvalue weighted by Crippen LogP contribution is 2.24. The number of phenols is 1. The second-order valence-corrected chi connectivity index (χ2v) is 7.31. The van der Waals surface area contributed by atoms with Crippen molar-refractivity contribution in [3.05, 3.63) is 29.8 Å². The number of nitrogens with zero attached hydrogens (tertiary/aromatic N) is 2. The molecular formula is C19H24N2O5. The Bertz CT molecular complexity index is 692. The van der Waals surface area contributed by atoms with Crippen molar-refractivity contribution >= 4 is 23.6 Å². The van der Waals surface area contributed by atoms with Gasteiger partial charge >= 0.3 is 6.03 Å². The average molecular weight is 360 g/mol. The number of hydrogen-bond acceptors (Lipinski definition) is 5. The number of phenolic OH excluding ortho intramolecular Hbond substituents is 1. The summed E-state index contributed by atoms with van der Waals surface area (Å²) in [6, 6.07) is 4.67. The van der Waals surface area contributed by atoms with E-state index in [1.165, 1.54) is 24.3 Å². The number of imide groups is 2. The number of Topliss-reactive ketones (excluding diaryl/α,β-unsaturated/α-hetero) is 1. The minimum Gasteiger partial charge on any atom is -0.508 e. The van der Waals surface area contributed by atoms with E-state index in [0.29, 0.717) is 0 Å². The Hall–Kier alpha value is -2.70. The number of urea groups is 1. The van der Waals surface area contributed by atoms with E-state index >= 15 is 0 Å². The van der Waals surface area contributed by atoms with Gasteiger partial charge in [0.25, 0.3) is 11.8 Å². The summed E-state index contributed by atoms with van der Waals surface area (Å²) in [6.07, 6.45) is 0. The topological polar surface area (TPSA) is 95.0 Å². The Balaban J connectivity index is 2.42. The molecule has 1 heterocycles. The van der Waals surface area contributed by atoms with Crippen LogP contribution in [0.3, 0.4) is 0 Å². The van der Waals surface area contributed by atoms with Crippen LogP contribution in [0.15, 0.2) is 24.3 Å². The average Bonchev–Trinajstić information content (AvgIpc) is 2.56. The Morgan fingerprint density at radius 1 is 0.923 bits per heavy atom. The normalized spacial score (nSPS) is 16.2. The molecule has 0 spiro atoms. The highest BCUT2D eigenvalue weighted by atomic mass is 16.3. The number of hydrogen-bond donors (Lipinski definition) is 1. The molecule has 0 atom stereocenters. The maximum atomic E-state index is 12.8. The van der Waals surface area contributed by atoms with Crippen molar-refractivity contribution in [1.29, 1.82) is 0 Å². The Kier molecular flexibility index (Phi) is 5.79. The lowest BCUT2D eigenvalue weighted by molar-refractivity contribution is -0.147. The van der Waals surface area contributed by atoms with Crippen LogP contribution in [0.5, 0.6) is 5.75 Å². The minimum atomic E-state index is -1.57. The third kappa shape index (κ3) is 3.92. The summed E-state index contributed by atoms with van der Waals surface area (Å²) in [4.78, 5) is 53.0. The van der Waals surface area contributed by atoms with Crippen LogP contribution < -0.4 is 0 Å². The number of rotatable bonds is 6. The standard InChI is InChI=1S/C19H24N2O5/c1-11(2)9-20-17(24)15(16(23)13-5-7-14(22)8-6-13)18(25)21(19(20)26)10-12(3)4/h5-8,11-12,15,22H,9-10H2,1-4H3. The van der Waals surface area contributed by atoms with E-state index in [9.17, 15) is 24.3 Å². The molecule has 26 heavy (non-hydrogen) atoms. The zero-order valence-corrected chi connectivity index (χ0v) is 15.4. The molecule has 0 aliphatic carbocycles. The molecule has 0 radical (unpaired) electrons. The lowest BCUT2D eigenvalue weighted by Gasteiger charge is -2.37. The molecule has 1 fully saturated rings. The molecule has 0 bridgehead atoms. The predicted molar refractivity (Wildman–Crippen MR) is 94.4 cm³/mol. The van der Waals surface area contributed by atoms with Gasteiger partial charge in [-0.15, -0.1) is 0 Å².